The molecule has 2 aromatic carbocycles. The third-order valence-corrected chi connectivity index (χ3v) is 11.5. The quantitative estimate of drug-likeness (QED) is 0.144. The lowest BCUT2D eigenvalue weighted by atomic mass is 9.78. The number of Topliss-reactive ketones (excluding diaryl/α,β-unsaturated/α-hetero) is 1. The van der Waals surface area contributed by atoms with Gasteiger partial charge in [-0.1, -0.05) is 59.8 Å². The molecule has 5 N–H and O–H groups in total. The zero-order valence-corrected chi connectivity index (χ0v) is 36.5. The van der Waals surface area contributed by atoms with Crippen LogP contribution in [0.2, 0.25) is 0 Å². The molecule has 9 unspecified atom stereocenters. The Labute approximate surface area is 352 Å². The molecule has 0 saturated carbocycles. The second-order valence-corrected chi connectivity index (χ2v) is 16.1. The number of nitrogens with one attached hydrogen (secondary N) is 1. The third kappa shape index (κ3) is 9.90. The van der Waals surface area contributed by atoms with Crippen molar-refractivity contribution in [2.24, 2.45) is 23.7 Å². The number of benzene rings is 2. The molecule has 2 aromatic rings. The van der Waals surface area contributed by atoms with Crippen LogP contribution in [-0.2, 0) is 28.6 Å². The van der Waals surface area contributed by atoms with Gasteiger partial charge in [-0.3, -0.25) is 19.2 Å². The summed E-state index contributed by atoms with van der Waals surface area (Å²) < 4.78 is 29.8. The van der Waals surface area contributed by atoms with Gasteiger partial charge < -0.3 is 54.3 Å². The van der Waals surface area contributed by atoms with Crippen molar-refractivity contribution in [1.29, 1.82) is 0 Å². The smallest absolute Gasteiger partial charge is 0.312 e. The average molecular weight is 839 g/mol. The SMILES string of the molecule is CCCN(CCC)C(=O)COc1cc2c(O)c3c(O)c(C)c4c(c13)C(=O)C(C)(O/C=C/C(OC)C(C)C(OC(C)=O)C(C)C(O)C(C)C(O)C(C)/C=C/C=C(\C)C(=O)N2)O4. The molecule has 15 heteroatoms. The summed E-state index contributed by atoms with van der Waals surface area (Å²) in [5.41, 5.74) is 0.00940. The van der Waals surface area contributed by atoms with E-state index in [2.05, 4.69) is 5.32 Å². The standard InChI is InChI=1S/C45H62N2O13/c1-12-18-47(19-13-2)33(49)22-57-32-21-30-40(53)35-34(32)36-42(28(8)39(35)52)60-45(10,43(36)54)58-20-17-31(56-11)25(5)41(59-29(9)48)27(7)38(51)26(6)37(50)23(3)15-14-16-24(4)44(55)46-30/h14-17,20-21,23,25-27,31,37-38,41,50-53H,12-13,18-19,22H2,1-11H3,(H,46,55)/b15-14+,20-17+,24-16+. The van der Waals surface area contributed by atoms with E-state index in [1.165, 1.54) is 59.3 Å². The highest BCUT2D eigenvalue weighted by molar-refractivity contribution is 6.21. The van der Waals surface area contributed by atoms with E-state index < -0.39 is 89.6 Å². The zero-order valence-electron chi connectivity index (χ0n) is 36.5. The molecular formula is C45H62N2O13. The first-order valence-corrected chi connectivity index (χ1v) is 20.5. The molecule has 15 nitrogen and oxygen atoms in total. The van der Waals surface area contributed by atoms with E-state index in [9.17, 15) is 39.6 Å². The van der Waals surface area contributed by atoms with Crippen molar-refractivity contribution in [2.45, 2.75) is 112 Å². The number of hydrogen-bond donors (Lipinski definition) is 5. The van der Waals surface area contributed by atoms with Crippen LogP contribution in [-0.4, -0.2) is 106 Å². The highest BCUT2D eigenvalue weighted by Crippen LogP contribution is 2.54. The summed E-state index contributed by atoms with van der Waals surface area (Å²) in [5, 5.41) is 48.6. The van der Waals surface area contributed by atoms with Crippen molar-refractivity contribution in [3.05, 3.63) is 53.3 Å². The molecule has 3 aliphatic rings. The predicted molar refractivity (Wildman–Crippen MR) is 225 cm³/mol. The molecule has 0 radical (unpaired) electrons. The summed E-state index contributed by atoms with van der Waals surface area (Å²) in [6.07, 6.45) is 5.04. The van der Waals surface area contributed by atoms with Crippen LogP contribution in [0, 0.1) is 30.6 Å². The number of aliphatic hydroxyl groups excluding tert-OH is 2. The van der Waals surface area contributed by atoms with Crippen molar-refractivity contribution in [3.63, 3.8) is 0 Å². The number of esters is 1. The Hall–Kier alpha value is -5.12. The Morgan fingerprint density at radius 1 is 0.933 bits per heavy atom. The maximum absolute atomic E-state index is 14.5. The molecule has 0 fully saturated rings. The summed E-state index contributed by atoms with van der Waals surface area (Å²) in [7, 11) is 1.44. The summed E-state index contributed by atoms with van der Waals surface area (Å²) in [6.45, 7) is 17.0. The molecule has 0 saturated heterocycles. The first kappa shape index (κ1) is 47.6. The second-order valence-electron chi connectivity index (χ2n) is 16.1. The third-order valence-electron chi connectivity index (χ3n) is 11.5. The fraction of sp³-hybridized carbons (Fsp3) is 0.556. The van der Waals surface area contributed by atoms with Crippen LogP contribution in [0.5, 0.6) is 23.0 Å². The van der Waals surface area contributed by atoms with Crippen molar-refractivity contribution >= 4 is 40.0 Å². The average Bonchev–Trinajstić information content (AvgIpc) is 3.47. The van der Waals surface area contributed by atoms with Gasteiger partial charge in [0.1, 0.15) is 23.4 Å². The van der Waals surface area contributed by atoms with Crippen LogP contribution in [0.4, 0.5) is 5.69 Å². The Kier molecular flexibility index (Phi) is 15.8. The van der Waals surface area contributed by atoms with Crippen LogP contribution in [0.15, 0.2) is 42.2 Å². The number of aromatic hydroxyl groups is 2. The number of ketones is 1. The van der Waals surface area contributed by atoms with Crippen molar-refractivity contribution in [3.8, 4) is 23.0 Å². The summed E-state index contributed by atoms with van der Waals surface area (Å²) >= 11 is 0. The Morgan fingerprint density at radius 3 is 2.18 bits per heavy atom. The molecule has 0 aliphatic carbocycles. The molecule has 3 heterocycles. The van der Waals surface area contributed by atoms with Crippen LogP contribution in [0.3, 0.4) is 0 Å². The zero-order chi connectivity index (χ0) is 44.8. The van der Waals surface area contributed by atoms with Gasteiger partial charge in [-0.25, -0.2) is 0 Å². The number of amides is 2. The maximum Gasteiger partial charge on any atom is 0.312 e. The number of methoxy groups -OCH3 is 1. The fourth-order valence-corrected chi connectivity index (χ4v) is 7.88. The van der Waals surface area contributed by atoms with Gasteiger partial charge in [0, 0.05) is 80.3 Å². The molecule has 0 aromatic heterocycles. The van der Waals surface area contributed by atoms with E-state index >= 15 is 0 Å². The van der Waals surface area contributed by atoms with E-state index in [4.69, 9.17) is 23.7 Å². The maximum atomic E-state index is 14.5. The van der Waals surface area contributed by atoms with Crippen LogP contribution in [0.1, 0.15) is 91.1 Å². The molecular weight excluding hydrogens is 776 g/mol. The molecule has 330 valence electrons. The number of carbonyl (C=O) groups is 4. The predicted octanol–water partition coefficient (Wildman–Crippen LogP) is 6.08. The summed E-state index contributed by atoms with van der Waals surface area (Å²) in [4.78, 5) is 55.5. The summed E-state index contributed by atoms with van der Waals surface area (Å²) in [6, 6.07) is 1.28. The number of rotatable bonds is 9. The van der Waals surface area contributed by atoms with Crippen molar-refractivity contribution < 1.29 is 63.3 Å². The molecule has 5 rings (SSSR count). The first-order chi connectivity index (χ1) is 28.2. The molecule has 9 atom stereocenters. The van der Waals surface area contributed by atoms with E-state index in [1.807, 2.05) is 13.8 Å². The number of anilines is 1. The normalized spacial score (nSPS) is 29.5. The minimum Gasteiger partial charge on any atom is -0.507 e. The van der Waals surface area contributed by atoms with Crippen LogP contribution < -0.4 is 14.8 Å². The Bertz CT molecular complexity index is 2020. The fourth-order valence-electron chi connectivity index (χ4n) is 7.88. The van der Waals surface area contributed by atoms with Gasteiger partial charge in [0.25, 0.3) is 17.6 Å². The number of carbonyl (C=O) groups excluding carboxylic acids is 4. The van der Waals surface area contributed by atoms with E-state index in [-0.39, 0.29) is 50.6 Å². The lowest BCUT2D eigenvalue weighted by molar-refractivity contribution is -0.160. The van der Waals surface area contributed by atoms with Crippen molar-refractivity contribution in [2.75, 3.05) is 32.1 Å². The topological polar surface area (TPSA) is 211 Å². The molecule has 0 spiro atoms. The number of fused-ring (bicyclic) bond motifs is 14. The number of nitrogens with zero attached hydrogens (tertiary/aromatic N) is 1. The van der Waals surface area contributed by atoms with Gasteiger partial charge in [0.15, 0.2) is 12.4 Å². The van der Waals surface area contributed by atoms with Gasteiger partial charge in [-0.05, 0) is 32.8 Å². The minimum absolute atomic E-state index is 0.0529. The number of phenolic OH excluding ortho intramolecular Hbond substituents is 2. The van der Waals surface area contributed by atoms with Gasteiger partial charge in [-0.15, -0.1) is 0 Å². The van der Waals surface area contributed by atoms with E-state index in [0.29, 0.717) is 25.9 Å². The van der Waals surface area contributed by atoms with Gasteiger partial charge in [0.2, 0.25) is 0 Å². The Balaban J connectivity index is 1.94. The van der Waals surface area contributed by atoms with E-state index in [1.54, 1.807) is 44.7 Å². The highest BCUT2D eigenvalue weighted by Gasteiger charge is 2.49. The number of ether oxygens (including phenoxy) is 5. The largest absolute Gasteiger partial charge is 0.507 e. The lowest BCUT2D eigenvalue weighted by Crippen LogP contribution is -2.46. The van der Waals surface area contributed by atoms with Crippen molar-refractivity contribution in [1.82, 2.24) is 4.90 Å². The van der Waals surface area contributed by atoms with Gasteiger partial charge in [-0.2, -0.15) is 0 Å². The lowest BCUT2D eigenvalue weighted by Gasteiger charge is -2.38. The molecule has 2 amide bonds. The van der Waals surface area contributed by atoms with Crippen LogP contribution in [0.25, 0.3) is 10.8 Å². The van der Waals surface area contributed by atoms with Crippen LogP contribution >= 0.6 is 0 Å². The molecule has 60 heavy (non-hydrogen) atoms. The minimum atomic E-state index is -2.02. The van der Waals surface area contributed by atoms with Gasteiger partial charge >= 0.3 is 11.8 Å². The number of aliphatic hydroxyl groups is 2. The van der Waals surface area contributed by atoms with Gasteiger partial charge in [0.05, 0.1) is 41.2 Å². The Morgan fingerprint density at radius 2 is 1.58 bits per heavy atom. The number of hydrogen-bond acceptors (Lipinski definition) is 13. The highest BCUT2D eigenvalue weighted by atomic mass is 16.7. The number of allylic oxidation sites excluding steroid dienone is 2. The molecule has 3 aliphatic heterocycles. The van der Waals surface area contributed by atoms with E-state index in [0.717, 1.165) is 0 Å². The second kappa shape index (κ2) is 20.0. The first-order valence-electron chi connectivity index (χ1n) is 20.5. The molecule has 5 bridgehead atoms. The number of phenols is 2. The summed E-state index contributed by atoms with van der Waals surface area (Å²) in [5.74, 6) is -7.95. The monoisotopic (exact) mass is 838 g/mol.